The molecule has 0 aliphatic carbocycles. The summed E-state index contributed by atoms with van der Waals surface area (Å²) in [7, 11) is 3.52. The van der Waals surface area contributed by atoms with Gasteiger partial charge in [-0.2, -0.15) is 5.10 Å². The van der Waals surface area contributed by atoms with E-state index in [9.17, 15) is 0 Å². The van der Waals surface area contributed by atoms with Gasteiger partial charge in [0.2, 0.25) is 0 Å². The minimum absolute atomic E-state index is 0.576. The maximum absolute atomic E-state index is 5.77. The average Bonchev–Trinajstić information content (AvgIpc) is 2.60. The summed E-state index contributed by atoms with van der Waals surface area (Å²) in [6.45, 7) is 0.576. The lowest BCUT2D eigenvalue weighted by atomic mass is 10.1. The largest absolute Gasteiger partial charge is 0.384 e. The van der Waals surface area contributed by atoms with E-state index < -0.39 is 0 Å². The molecule has 0 radical (unpaired) electrons. The van der Waals surface area contributed by atoms with Crippen molar-refractivity contribution >= 4 is 5.82 Å². The second-order valence-corrected chi connectivity index (χ2v) is 3.67. The van der Waals surface area contributed by atoms with Crippen molar-refractivity contribution in [1.29, 1.82) is 0 Å². The Morgan fingerprint density at radius 3 is 2.75 bits per heavy atom. The monoisotopic (exact) mass is 217 g/mol. The highest BCUT2D eigenvalue weighted by Gasteiger charge is 2.08. The van der Waals surface area contributed by atoms with E-state index in [-0.39, 0.29) is 0 Å². The molecule has 0 fully saturated rings. The van der Waals surface area contributed by atoms with Crippen LogP contribution in [0.2, 0.25) is 0 Å². The van der Waals surface area contributed by atoms with Gasteiger partial charge in [0.15, 0.2) is 0 Å². The Morgan fingerprint density at radius 1 is 1.38 bits per heavy atom. The SMILES string of the molecule is COCc1ccccc1-c1cc(N)n(C)n1. The van der Waals surface area contributed by atoms with E-state index in [1.54, 1.807) is 11.8 Å². The number of aromatic nitrogens is 2. The van der Waals surface area contributed by atoms with Gasteiger partial charge in [-0.1, -0.05) is 24.3 Å². The summed E-state index contributed by atoms with van der Waals surface area (Å²) in [6.07, 6.45) is 0. The van der Waals surface area contributed by atoms with E-state index in [4.69, 9.17) is 10.5 Å². The van der Waals surface area contributed by atoms with E-state index in [0.717, 1.165) is 16.8 Å². The molecule has 84 valence electrons. The van der Waals surface area contributed by atoms with Crippen LogP contribution in [0.1, 0.15) is 5.56 Å². The van der Waals surface area contributed by atoms with Crippen molar-refractivity contribution in [2.75, 3.05) is 12.8 Å². The van der Waals surface area contributed by atoms with Crippen molar-refractivity contribution < 1.29 is 4.74 Å². The van der Waals surface area contributed by atoms with Gasteiger partial charge in [0.05, 0.1) is 12.3 Å². The minimum atomic E-state index is 0.576. The Bertz CT molecular complexity index is 471. The van der Waals surface area contributed by atoms with Crippen LogP contribution in [-0.2, 0) is 18.4 Å². The maximum atomic E-state index is 5.77. The number of benzene rings is 1. The fourth-order valence-electron chi connectivity index (χ4n) is 1.66. The predicted molar refractivity (Wildman–Crippen MR) is 63.8 cm³/mol. The minimum Gasteiger partial charge on any atom is -0.384 e. The third kappa shape index (κ3) is 1.92. The molecule has 0 atom stereocenters. The summed E-state index contributed by atoms with van der Waals surface area (Å²) in [6, 6.07) is 9.90. The van der Waals surface area contributed by atoms with Gasteiger partial charge in [-0.25, -0.2) is 0 Å². The predicted octanol–water partition coefficient (Wildman–Crippen LogP) is 1.82. The molecule has 2 aromatic rings. The normalized spacial score (nSPS) is 10.6. The molecule has 1 aromatic carbocycles. The lowest BCUT2D eigenvalue weighted by Gasteiger charge is -2.05. The number of hydrogen-bond acceptors (Lipinski definition) is 3. The number of anilines is 1. The van der Waals surface area contributed by atoms with Gasteiger partial charge in [0.25, 0.3) is 0 Å². The number of nitrogen functional groups attached to an aromatic ring is 1. The lowest BCUT2D eigenvalue weighted by molar-refractivity contribution is 0.185. The zero-order chi connectivity index (χ0) is 11.5. The van der Waals surface area contributed by atoms with E-state index in [2.05, 4.69) is 5.10 Å². The molecule has 0 unspecified atom stereocenters. The number of hydrogen-bond donors (Lipinski definition) is 1. The summed E-state index contributed by atoms with van der Waals surface area (Å²) in [5, 5.41) is 4.36. The molecule has 0 spiro atoms. The molecule has 0 amide bonds. The average molecular weight is 217 g/mol. The standard InChI is InChI=1S/C12H15N3O/c1-15-12(13)7-11(14-15)10-6-4-3-5-9(10)8-16-2/h3-7H,8,13H2,1-2H3. The summed E-state index contributed by atoms with van der Waals surface area (Å²) in [4.78, 5) is 0. The van der Waals surface area contributed by atoms with Gasteiger partial charge >= 0.3 is 0 Å². The highest BCUT2D eigenvalue weighted by molar-refractivity contribution is 5.65. The van der Waals surface area contributed by atoms with E-state index in [0.29, 0.717) is 12.4 Å². The summed E-state index contributed by atoms with van der Waals surface area (Å²) < 4.78 is 6.83. The molecule has 2 rings (SSSR count). The van der Waals surface area contributed by atoms with Crippen LogP contribution in [0.5, 0.6) is 0 Å². The van der Waals surface area contributed by atoms with Gasteiger partial charge in [0.1, 0.15) is 5.82 Å². The van der Waals surface area contributed by atoms with Crippen LogP contribution in [0.4, 0.5) is 5.82 Å². The Balaban J connectivity index is 2.46. The Hall–Kier alpha value is -1.81. The van der Waals surface area contributed by atoms with Crippen molar-refractivity contribution in [2.45, 2.75) is 6.61 Å². The van der Waals surface area contributed by atoms with Crippen LogP contribution >= 0.6 is 0 Å². The Kier molecular flexibility index (Phi) is 2.92. The van der Waals surface area contributed by atoms with Crippen LogP contribution in [-0.4, -0.2) is 16.9 Å². The number of ether oxygens (including phenoxy) is 1. The van der Waals surface area contributed by atoms with E-state index >= 15 is 0 Å². The summed E-state index contributed by atoms with van der Waals surface area (Å²) in [5.41, 5.74) is 8.83. The number of nitrogens with two attached hydrogens (primary N) is 1. The maximum Gasteiger partial charge on any atom is 0.121 e. The molecule has 0 bridgehead atoms. The van der Waals surface area contributed by atoms with Crippen LogP contribution in [0.15, 0.2) is 30.3 Å². The fourth-order valence-corrected chi connectivity index (χ4v) is 1.66. The molecule has 4 heteroatoms. The first-order valence-corrected chi connectivity index (χ1v) is 5.09. The van der Waals surface area contributed by atoms with Gasteiger partial charge in [-0.05, 0) is 5.56 Å². The zero-order valence-electron chi connectivity index (χ0n) is 9.47. The number of methoxy groups -OCH3 is 1. The van der Waals surface area contributed by atoms with Gasteiger partial charge in [-0.3, -0.25) is 4.68 Å². The first kappa shape index (κ1) is 10.7. The first-order chi connectivity index (χ1) is 7.72. The van der Waals surface area contributed by atoms with Crippen LogP contribution in [0.25, 0.3) is 11.3 Å². The Morgan fingerprint density at radius 2 is 2.12 bits per heavy atom. The van der Waals surface area contributed by atoms with Crippen molar-refractivity contribution in [3.05, 3.63) is 35.9 Å². The number of rotatable bonds is 3. The Labute approximate surface area is 94.6 Å². The van der Waals surface area contributed by atoms with Crippen molar-refractivity contribution in [1.82, 2.24) is 9.78 Å². The van der Waals surface area contributed by atoms with Crippen molar-refractivity contribution in [3.63, 3.8) is 0 Å². The quantitative estimate of drug-likeness (QED) is 0.853. The van der Waals surface area contributed by atoms with Gasteiger partial charge in [0, 0.05) is 25.8 Å². The van der Waals surface area contributed by atoms with Gasteiger partial charge < -0.3 is 10.5 Å². The van der Waals surface area contributed by atoms with Crippen LogP contribution in [0, 0.1) is 0 Å². The summed E-state index contributed by atoms with van der Waals surface area (Å²) >= 11 is 0. The second kappa shape index (κ2) is 4.37. The first-order valence-electron chi connectivity index (χ1n) is 5.09. The van der Waals surface area contributed by atoms with Crippen molar-refractivity contribution in [2.24, 2.45) is 7.05 Å². The molecule has 1 aromatic heterocycles. The third-order valence-corrected chi connectivity index (χ3v) is 2.51. The van der Waals surface area contributed by atoms with Crippen LogP contribution in [0.3, 0.4) is 0 Å². The highest BCUT2D eigenvalue weighted by Crippen LogP contribution is 2.24. The van der Waals surface area contributed by atoms with Gasteiger partial charge in [-0.15, -0.1) is 0 Å². The molecular weight excluding hydrogens is 202 g/mol. The molecule has 0 saturated carbocycles. The molecule has 0 saturated heterocycles. The smallest absolute Gasteiger partial charge is 0.121 e. The van der Waals surface area contributed by atoms with E-state index in [1.165, 1.54) is 0 Å². The number of nitrogens with zero attached hydrogens (tertiary/aromatic N) is 2. The molecule has 0 aliphatic rings. The van der Waals surface area contributed by atoms with Crippen molar-refractivity contribution in [3.8, 4) is 11.3 Å². The lowest BCUT2D eigenvalue weighted by Crippen LogP contribution is -1.97. The molecule has 4 nitrogen and oxygen atoms in total. The third-order valence-electron chi connectivity index (χ3n) is 2.51. The number of aryl methyl sites for hydroxylation is 1. The van der Waals surface area contributed by atoms with E-state index in [1.807, 2.05) is 37.4 Å². The second-order valence-electron chi connectivity index (χ2n) is 3.67. The topological polar surface area (TPSA) is 53.1 Å². The zero-order valence-corrected chi connectivity index (χ0v) is 9.47. The highest BCUT2D eigenvalue weighted by atomic mass is 16.5. The molecular formula is C12H15N3O. The molecule has 1 heterocycles. The molecule has 0 aliphatic heterocycles. The summed E-state index contributed by atoms with van der Waals surface area (Å²) in [5.74, 6) is 0.655. The van der Waals surface area contributed by atoms with Crippen LogP contribution < -0.4 is 5.73 Å². The fraction of sp³-hybridized carbons (Fsp3) is 0.250. The molecule has 2 N–H and O–H groups in total. The molecule has 16 heavy (non-hydrogen) atoms.